The van der Waals surface area contributed by atoms with Gasteiger partial charge in [-0.25, -0.2) is 13.2 Å². The average Bonchev–Trinajstić information content (AvgIpc) is 2.32. The summed E-state index contributed by atoms with van der Waals surface area (Å²) < 4.78 is 39.4. The third-order valence-electron chi connectivity index (χ3n) is 2.25. The number of pyridine rings is 1. The van der Waals surface area contributed by atoms with Gasteiger partial charge in [0.15, 0.2) is 0 Å². The third kappa shape index (κ3) is 3.01. The van der Waals surface area contributed by atoms with Crippen LogP contribution in [0.5, 0.6) is 0 Å². The first kappa shape index (κ1) is 12.9. The van der Waals surface area contributed by atoms with Crippen molar-refractivity contribution in [2.75, 3.05) is 5.32 Å². The second-order valence-corrected chi connectivity index (χ2v) is 4.47. The lowest BCUT2D eigenvalue weighted by molar-refractivity contribution is 0.580. The molecule has 2 aromatic rings. The van der Waals surface area contributed by atoms with E-state index in [0.717, 1.165) is 12.3 Å². The minimum atomic E-state index is -0.708. The average molecular weight is 317 g/mol. The first-order valence-electron chi connectivity index (χ1n) is 5.04. The molecule has 0 aliphatic carbocycles. The molecule has 0 radical (unpaired) electrons. The zero-order valence-electron chi connectivity index (χ0n) is 9.05. The molecular weight excluding hydrogens is 309 g/mol. The molecule has 0 fully saturated rings. The molecule has 0 atom stereocenters. The summed E-state index contributed by atoms with van der Waals surface area (Å²) in [4.78, 5) is 3.67. The molecule has 1 aromatic carbocycles. The number of anilines is 1. The molecule has 1 aromatic heterocycles. The maximum Gasteiger partial charge on any atom is 0.149 e. The number of hydrogen-bond acceptors (Lipinski definition) is 2. The van der Waals surface area contributed by atoms with Crippen LogP contribution in [-0.2, 0) is 6.54 Å². The van der Waals surface area contributed by atoms with Gasteiger partial charge in [-0.2, -0.15) is 0 Å². The lowest BCUT2D eigenvalue weighted by atomic mass is 10.2. The monoisotopic (exact) mass is 316 g/mol. The van der Waals surface area contributed by atoms with Gasteiger partial charge in [-0.3, -0.25) is 4.98 Å². The van der Waals surface area contributed by atoms with Crippen molar-refractivity contribution in [2.45, 2.75) is 6.54 Å². The lowest BCUT2D eigenvalue weighted by Crippen LogP contribution is -2.03. The van der Waals surface area contributed by atoms with Crippen LogP contribution in [0.15, 0.2) is 35.1 Å². The van der Waals surface area contributed by atoms with Gasteiger partial charge in [0.2, 0.25) is 0 Å². The maximum absolute atomic E-state index is 13.4. The highest BCUT2D eigenvalue weighted by molar-refractivity contribution is 9.10. The van der Waals surface area contributed by atoms with Gasteiger partial charge in [-0.1, -0.05) is 0 Å². The Morgan fingerprint density at radius 2 is 1.83 bits per heavy atom. The van der Waals surface area contributed by atoms with E-state index in [1.807, 2.05) is 0 Å². The molecule has 0 bridgehead atoms. The van der Waals surface area contributed by atoms with Crippen molar-refractivity contribution in [2.24, 2.45) is 0 Å². The van der Waals surface area contributed by atoms with Gasteiger partial charge < -0.3 is 5.32 Å². The van der Waals surface area contributed by atoms with Crippen LogP contribution >= 0.6 is 15.9 Å². The van der Waals surface area contributed by atoms with Crippen LogP contribution in [0.1, 0.15) is 5.56 Å². The van der Waals surface area contributed by atoms with E-state index in [0.29, 0.717) is 5.56 Å². The van der Waals surface area contributed by atoms with Gasteiger partial charge in [-0.15, -0.1) is 0 Å². The molecule has 94 valence electrons. The normalized spacial score (nSPS) is 10.4. The number of aromatic nitrogens is 1. The predicted octanol–water partition coefficient (Wildman–Crippen LogP) is 3.87. The molecule has 0 unspecified atom stereocenters. The predicted molar refractivity (Wildman–Crippen MR) is 65.6 cm³/mol. The van der Waals surface area contributed by atoms with Crippen molar-refractivity contribution in [3.8, 4) is 0 Å². The van der Waals surface area contributed by atoms with E-state index in [1.54, 1.807) is 0 Å². The largest absolute Gasteiger partial charge is 0.379 e. The summed E-state index contributed by atoms with van der Waals surface area (Å²) in [6.45, 7) is 0.194. The van der Waals surface area contributed by atoms with Crippen LogP contribution in [0.4, 0.5) is 18.9 Å². The molecule has 0 amide bonds. The molecular formula is C12H8BrF3N2. The van der Waals surface area contributed by atoms with Crippen molar-refractivity contribution in [1.82, 2.24) is 4.98 Å². The van der Waals surface area contributed by atoms with Gasteiger partial charge in [0.1, 0.15) is 17.5 Å². The second-order valence-electron chi connectivity index (χ2n) is 3.61. The lowest BCUT2D eigenvalue weighted by Gasteiger charge is -2.08. The summed E-state index contributed by atoms with van der Waals surface area (Å²) >= 11 is 2.96. The molecule has 0 aliphatic heterocycles. The van der Waals surface area contributed by atoms with E-state index in [1.165, 1.54) is 18.3 Å². The summed E-state index contributed by atoms with van der Waals surface area (Å²) in [7, 11) is 0. The summed E-state index contributed by atoms with van der Waals surface area (Å²) in [6, 6.07) is 3.35. The number of nitrogens with one attached hydrogen (secondary N) is 1. The van der Waals surface area contributed by atoms with E-state index in [9.17, 15) is 13.2 Å². The van der Waals surface area contributed by atoms with Crippen LogP contribution in [-0.4, -0.2) is 4.98 Å². The molecule has 0 saturated heterocycles. The van der Waals surface area contributed by atoms with Crippen molar-refractivity contribution >= 4 is 21.6 Å². The minimum Gasteiger partial charge on any atom is -0.379 e. The summed E-state index contributed by atoms with van der Waals surface area (Å²) in [5.74, 6) is -1.85. The highest BCUT2D eigenvalue weighted by Crippen LogP contribution is 2.24. The smallest absolute Gasteiger partial charge is 0.149 e. The van der Waals surface area contributed by atoms with E-state index in [4.69, 9.17) is 0 Å². The fourth-order valence-corrected chi connectivity index (χ4v) is 1.75. The Morgan fingerprint density at radius 1 is 1.06 bits per heavy atom. The second kappa shape index (κ2) is 5.39. The van der Waals surface area contributed by atoms with Crippen LogP contribution in [0.25, 0.3) is 0 Å². The van der Waals surface area contributed by atoms with E-state index in [2.05, 4.69) is 26.2 Å². The summed E-state index contributed by atoms with van der Waals surface area (Å²) in [6.07, 6.45) is 2.55. The molecule has 2 nitrogen and oxygen atoms in total. The fourth-order valence-electron chi connectivity index (χ4n) is 1.41. The maximum atomic E-state index is 13.4. The van der Waals surface area contributed by atoms with Crippen molar-refractivity contribution < 1.29 is 13.2 Å². The Kier molecular flexibility index (Phi) is 3.86. The van der Waals surface area contributed by atoms with Gasteiger partial charge in [0.25, 0.3) is 0 Å². The number of nitrogens with zero attached hydrogens (tertiary/aromatic N) is 1. The number of rotatable bonds is 3. The summed E-state index contributed by atoms with van der Waals surface area (Å²) in [5.41, 5.74) is 0.697. The fraction of sp³-hybridized carbons (Fsp3) is 0.0833. The van der Waals surface area contributed by atoms with Crippen LogP contribution in [0.3, 0.4) is 0 Å². The Labute approximate surface area is 110 Å². The van der Waals surface area contributed by atoms with Crippen LogP contribution in [0, 0.1) is 17.5 Å². The van der Waals surface area contributed by atoms with Crippen molar-refractivity contribution in [1.29, 1.82) is 0 Å². The Bertz CT molecular complexity index is 575. The highest BCUT2D eigenvalue weighted by atomic mass is 79.9. The topological polar surface area (TPSA) is 24.9 Å². The van der Waals surface area contributed by atoms with Crippen LogP contribution in [0.2, 0.25) is 0 Å². The Hall–Kier alpha value is -1.56. The van der Waals surface area contributed by atoms with Gasteiger partial charge in [-0.05, 0) is 33.6 Å². The van der Waals surface area contributed by atoms with Crippen molar-refractivity contribution in [3.63, 3.8) is 0 Å². The zero-order chi connectivity index (χ0) is 13.1. The third-order valence-corrected chi connectivity index (χ3v) is 2.86. The zero-order valence-corrected chi connectivity index (χ0v) is 10.6. The van der Waals surface area contributed by atoms with Gasteiger partial charge >= 0.3 is 0 Å². The highest BCUT2D eigenvalue weighted by Gasteiger charge is 2.08. The quantitative estimate of drug-likeness (QED) is 0.869. The first-order chi connectivity index (χ1) is 8.56. The van der Waals surface area contributed by atoms with E-state index < -0.39 is 17.5 Å². The van der Waals surface area contributed by atoms with Gasteiger partial charge in [0.05, 0.1) is 16.4 Å². The molecule has 0 saturated carbocycles. The van der Waals surface area contributed by atoms with Gasteiger partial charge in [0, 0.05) is 18.8 Å². The summed E-state index contributed by atoms with van der Waals surface area (Å²) in [5, 5.41) is 2.75. The number of halogens is 4. The van der Waals surface area contributed by atoms with Crippen LogP contribution < -0.4 is 5.32 Å². The van der Waals surface area contributed by atoms with E-state index >= 15 is 0 Å². The Balaban J connectivity index is 2.13. The SMILES string of the molecule is Fc1cncc(CNc2cc(Br)c(F)cc2F)c1. The minimum absolute atomic E-state index is 0.132. The molecule has 0 aliphatic rings. The van der Waals surface area contributed by atoms with Crippen molar-refractivity contribution in [3.05, 3.63) is 58.1 Å². The molecule has 6 heteroatoms. The Morgan fingerprint density at radius 3 is 2.56 bits per heavy atom. The molecule has 1 N–H and O–H groups in total. The molecule has 18 heavy (non-hydrogen) atoms. The molecule has 2 rings (SSSR count). The molecule has 0 spiro atoms. The molecule has 1 heterocycles. The standard InChI is InChI=1S/C12H8BrF3N2/c13-9-2-12(11(16)3-10(9)15)18-5-7-1-8(14)6-17-4-7/h1-4,6,18H,5H2. The first-order valence-corrected chi connectivity index (χ1v) is 5.83. The van der Waals surface area contributed by atoms with E-state index in [-0.39, 0.29) is 16.7 Å². The number of benzene rings is 1. The number of hydrogen-bond donors (Lipinski definition) is 1.